The maximum absolute atomic E-state index is 13.1. The molecule has 4 nitrogen and oxygen atoms in total. The van der Waals surface area contributed by atoms with Gasteiger partial charge in [0.05, 0.1) is 6.10 Å². The van der Waals surface area contributed by atoms with Gasteiger partial charge in [0.25, 0.3) is 5.91 Å². The van der Waals surface area contributed by atoms with Crippen molar-refractivity contribution in [3.63, 3.8) is 0 Å². The topological polar surface area (TPSA) is 75.3 Å². The Balaban J connectivity index is 1.97. The summed E-state index contributed by atoms with van der Waals surface area (Å²) in [5, 5.41) is 12.6. The lowest BCUT2D eigenvalue weighted by atomic mass is 10.1. The second-order valence-corrected chi connectivity index (χ2v) is 4.86. The van der Waals surface area contributed by atoms with Gasteiger partial charge in [-0.15, -0.1) is 0 Å². The van der Waals surface area contributed by atoms with Crippen LogP contribution in [0, 0.1) is 12.7 Å². The number of aryl methyl sites for hydroxylation is 1. The number of halogens is 1. The molecule has 0 bridgehead atoms. The third-order valence-electron chi connectivity index (χ3n) is 3.20. The number of nitrogens with two attached hydrogens (primary N) is 1. The predicted octanol–water partition coefficient (Wildman–Crippen LogP) is 2.18. The molecule has 0 saturated carbocycles. The fourth-order valence-electron chi connectivity index (χ4n) is 1.91. The summed E-state index contributed by atoms with van der Waals surface area (Å²) in [4.78, 5) is 11.9. The van der Waals surface area contributed by atoms with Gasteiger partial charge in [-0.05, 0) is 48.4 Å². The van der Waals surface area contributed by atoms with Crippen molar-refractivity contribution in [3.8, 4) is 0 Å². The lowest BCUT2D eigenvalue weighted by Gasteiger charge is -2.13. The number of carbonyl (C=O) groups excluding carboxylic acids is 1. The Morgan fingerprint density at radius 3 is 2.57 bits per heavy atom. The number of amides is 1. The molecule has 1 amide bonds. The average Bonchev–Trinajstić information content (AvgIpc) is 2.48. The third kappa shape index (κ3) is 3.79. The van der Waals surface area contributed by atoms with Gasteiger partial charge in [-0.25, -0.2) is 4.39 Å². The van der Waals surface area contributed by atoms with Crippen LogP contribution in [0.25, 0.3) is 0 Å². The number of aliphatic hydroxyl groups is 1. The highest BCUT2D eigenvalue weighted by Gasteiger charge is 2.11. The normalized spacial score (nSPS) is 12.0. The van der Waals surface area contributed by atoms with Gasteiger partial charge < -0.3 is 16.2 Å². The number of hydrogen-bond donors (Lipinski definition) is 3. The van der Waals surface area contributed by atoms with Crippen molar-refractivity contribution >= 4 is 11.6 Å². The Morgan fingerprint density at radius 1 is 1.29 bits per heavy atom. The molecular weight excluding hydrogens is 271 g/mol. The van der Waals surface area contributed by atoms with Crippen LogP contribution in [0.4, 0.5) is 10.1 Å². The van der Waals surface area contributed by atoms with Gasteiger partial charge in [0, 0.05) is 17.8 Å². The van der Waals surface area contributed by atoms with Crippen molar-refractivity contribution < 1.29 is 14.3 Å². The first kappa shape index (κ1) is 15.0. The highest BCUT2D eigenvalue weighted by Crippen LogP contribution is 2.14. The van der Waals surface area contributed by atoms with E-state index in [4.69, 9.17) is 5.73 Å². The molecule has 0 aliphatic heterocycles. The van der Waals surface area contributed by atoms with Crippen molar-refractivity contribution in [2.45, 2.75) is 13.0 Å². The van der Waals surface area contributed by atoms with Crippen LogP contribution in [0.2, 0.25) is 0 Å². The van der Waals surface area contributed by atoms with Crippen LogP contribution >= 0.6 is 0 Å². The lowest BCUT2D eigenvalue weighted by molar-refractivity contribution is 0.0916. The summed E-state index contributed by atoms with van der Waals surface area (Å²) in [6.07, 6.45) is -0.823. The fourth-order valence-corrected chi connectivity index (χ4v) is 1.91. The Labute approximate surface area is 122 Å². The molecule has 0 aliphatic carbocycles. The first-order chi connectivity index (χ1) is 9.97. The number of nitrogens with one attached hydrogen (secondary N) is 1. The van der Waals surface area contributed by atoms with Crippen LogP contribution < -0.4 is 11.1 Å². The van der Waals surface area contributed by atoms with Crippen molar-refractivity contribution in [2.75, 3.05) is 12.3 Å². The second kappa shape index (κ2) is 6.37. The van der Waals surface area contributed by atoms with Gasteiger partial charge in [-0.2, -0.15) is 0 Å². The molecule has 0 aliphatic rings. The molecule has 0 spiro atoms. The number of benzene rings is 2. The zero-order chi connectivity index (χ0) is 15.4. The van der Waals surface area contributed by atoms with Gasteiger partial charge in [-0.3, -0.25) is 4.79 Å². The number of anilines is 1. The Kier molecular flexibility index (Phi) is 4.55. The van der Waals surface area contributed by atoms with Crippen molar-refractivity contribution in [3.05, 3.63) is 65.0 Å². The monoisotopic (exact) mass is 288 g/mol. The molecule has 0 radical (unpaired) electrons. The number of nitrogen functional groups attached to an aromatic ring is 1. The van der Waals surface area contributed by atoms with Gasteiger partial charge >= 0.3 is 0 Å². The van der Waals surface area contributed by atoms with E-state index in [1.54, 1.807) is 31.2 Å². The van der Waals surface area contributed by atoms with Crippen molar-refractivity contribution in [2.24, 2.45) is 0 Å². The average molecular weight is 288 g/mol. The third-order valence-corrected chi connectivity index (χ3v) is 3.20. The number of rotatable bonds is 4. The summed E-state index contributed by atoms with van der Waals surface area (Å²) in [5.41, 5.74) is 7.61. The van der Waals surface area contributed by atoms with Crippen molar-refractivity contribution in [1.29, 1.82) is 0 Å². The van der Waals surface area contributed by atoms with E-state index >= 15 is 0 Å². The van der Waals surface area contributed by atoms with Crippen LogP contribution in [-0.4, -0.2) is 17.6 Å². The minimum atomic E-state index is -0.823. The molecule has 0 saturated heterocycles. The Morgan fingerprint density at radius 2 is 1.95 bits per heavy atom. The van der Waals surface area contributed by atoms with Crippen LogP contribution in [0.3, 0.4) is 0 Å². The predicted molar refractivity (Wildman–Crippen MR) is 79.3 cm³/mol. The van der Waals surface area contributed by atoms with E-state index in [1.165, 1.54) is 18.2 Å². The highest BCUT2D eigenvalue weighted by molar-refractivity contribution is 5.94. The summed E-state index contributed by atoms with van der Waals surface area (Å²) in [6, 6.07) is 10.9. The quantitative estimate of drug-likeness (QED) is 0.755. The zero-order valence-corrected chi connectivity index (χ0v) is 11.6. The lowest BCUT2D eigenvalue weighted by Crippen LogP contribution is -2.28. The van der Waals surface area contributed by atoms with Gasteiger partial charge in [-0.1, -0.05) is 12.1 Å². The first-order valence-corrected chi connectivity index (χ1v) is 6.55. The summed E-state index contributed by atoms with van der Waals surface area (Å²) >= 11 is 0. The highest BCUT2D eigenvalue weighted by atomic mass is 19.1. The maximum Gasteiger partial charge on any atom is 0.251 e. The number of hydrogen-bond acceptors (Lipinski definition) is 3. The minimum Gasteiger partial charge on any atom is -0.399 e. The molecule has 1 atom stereocenters. The molecule has 0 fully saturated rings. The van der Waals surface area contributed by atoms with E-state index in [9.17, 15) is 14.3 Å². The van der Waals surface area contributed by atoms with Gasteiger partial charge in [0.2, 0.25) is 0 Å². The Bertz CT molecular complexity index is 641. The molecule has 5 heteroatoms. The molecule has 2 aromatic carbocycles. The Hall–Kier alpha value is -2.40. The summed E-state index contributed by atoms with van der Waals surface area (Å²) < 4.78 is 13.1. The van der Waals surface area contributed by atoms with Gasteiger partial charge in [0.1, 0.15) is 5.82 Å². The van der Waals surface area contributed by atoms with Crippen molar-refractivity contribution in [1.82, 2.24) is 5.32 Å². The second-order valence-electron chi connectivity index (χ2n) is 4.86. The van der Waals surface area contributed by atoms with Gasteiger partial charge in [0.15, 0.2) is 0 Å². The van der Waals surface area contributed by atoms with E-state index in [0.717, 1.165) is 0 Å². The molecule has 2 aromatic rings. The molecule has 1 unspecified atom stereocenters. The molecule has 110 valence electrons. The molecule has 2 rings (SSSR count). The molecule has 0 aromatic heterocycles. The summed E-state index contributed by atoms with van der Waals surface area (Å²) in [5.74, 6) is -0.707. The van der Waals surface area contributed by atoms with E-state index in [2.05, 4.69) is 5.32 Å². The molecule has 21 heavy (non-hydrogen) atoms. The standard InChI is InChI=1S/C16H17FN2O2/c1-10-8-12(4-7-14(10)17)16(21)19-9-15(20)11-2-5-13(18)6-3-11/h2-8,15,20H,9,18H2,1H3,(H,19,21). The zero-order valence-electron chi connectivity index (χ0n) is 11.6. The SMILES string of the molecule is Cc1cc(C(=O)NCC(O)c2ccc(N)cc2)ccc1F. The van der Waals surface area contributed by atoms with Crippen LogP contribution in [-0.2, 0) is 0 Å². The summed E-state index contributed by atoms with van der Waals surface area (Å²) in [6.45, 7) is 1.66. The molecule has 4 N–H and O–H groups in total. The number of carbonyl (C=O) groups is 1. The minimum absolute atomic E-state index is 0.0686. The van der Waals surface area contributed by atoms with E-state index < -0.39 is 6.10 Å². The smallest absolute Gasteiger partial charge is 0.251 e. The van der Waals surface area contributed by atoms with Crippen LogP contribution in [0.1, 0.15) is 27.6 Å². The van der Waals surface area contributed by atoms with Crippen LogP contribution in [0.15, 0.2) is 42.5 Å². The first-order valence-electron chi connectivity index (χ1n) is 6.55. The molecule has 0 heterocycles. The van der Waals surface area contributed by atoms with E-state index in [1.807, 2.05) is 0 Å². The maximum atomic E-state index is 13.1. The number of aliphatic hydroxyl groups excluding tert-OH is 1. The van der Waals surface area contributed by atoms with E-state index in [0.29, 0.717) is 22.4 Å². The van der Waals surface area contributed by atoms with E-state index in [-0.39, 0.29) is 18.3 Å². The summed E-state index contributed by atoms with van der Waals surface area (Å²) in [7, 11) is 0. The molecular formula is C16H17FN2O2. The largest absolute Gasteiger partial charge is 0.399 e. The van der Waals surface area contributed by atoms with Crippen LogP contribution in [0.5, 0.6) is 0 Å². The fraction of sp³-hybridized carbons (Fsp3) is 0.188.